The number of aromatic hydroxyl groups is 1. The molecule has 17 heavy (non-hydrogen) atoms. The zero-order chi connectivity index (χ0) is 12.5. The van der Waals surface area contributed by atoms with Crippen LogP contribution >= 0.6 is 0 Å². The van der Waals surface area contributed by atoms with Crippen LogP contribution in [0.4, 0.5) is 4.39 Å². The van der Waals surface area contributed by atoms with Crippen LogP contribution in [-0.4, -0.2) is 17.6 Å². The number of halogens is 1. The summed E-state index contributed by atoms with van der Waals surface area (Å²) in [7, 11) is 0. The minimum atomic E-state index is -0.524. The molecule has 0 spiro atoms. The van der Waals surface area contributed by atoms with Gasteiger partial charge in [-0.05, 0) is 42.9 Å². The molecule has 0 atom stereocenters. The number of hydrogen-bond donors (Lipinski definition) is 2. The van der Waals surface area contributed by atoms with Gasteiger partial charge in [-0.2, -0.15) is 0 Å². The van der Waals surface area contributed by atoms with E-state index >= 15 is 0 Å². The Labute approximate surface area is 99.7 Å². The molecule has 1 aromatic rings. The summed E-state index contributed by atoms with van der Waals surface area (Å²) < 4.78 is 13.0. The fourth-order valence-electron chi connectivity index (χ4n) is 1.89. The van der Waals surface area contributed by atoms with Crippen molar-refractivity contribution in [1.82, 2.24) is 5.32 Å². The molecule has 1 aliphatic carbocycles. The van der Waals surface area contributed by atoms with E-state index in [1.807, 2.05) is 0 Å². The molecule has 2 N–H and O–H groups in total. The zero-order valence-corrected chi connectivity index (χ0v) is 9.79. The molecule has 1 aromatic carbocycles. The monoisotopic (exact) mass is 237 g/mol. The second-order valence-electron chi connectivity index (χ2n) is 4.70. The summed E-state index contributed by atoms with van der Waals surface area (Å²) >= 11 is 0. The van der Waals surface area contributed by atoms with E-state index in [-0.39, 0.29) is 16.7 Å². The first-order valence-corrected chi connectivity index (χ1v) is 5.83. The molecule has 2 rings (SSSR count). The summed E-state index contributed by atoms with van der Waals surface area (Å²) in [5, 5.41) is 12.2. The van der Waals surface area contributed by atoms with Gasteiger partial charge in [0.05, 0.1) is 5.56 Å². The van der Waals surface area contributed by atoms with E-state index in [4.69, 9.17) is 0 Å². The predicted octanol–water partition coefficient (Wildman–Crippen LogP) is 2.45. The minimum absolute atomic E-state index is 0.00287. The summed E-state index contributed by atoms with van der Waals surface area (Å²) in [5.41, 5.74) is 0.232. The number of rotatable bonds is 4. The molecule has 3 nitrogen and oxygen atoms in total. The van der Waals surface area contributed by atoms with E-state index in [1.54, 1.807) is 0 Å². The predicted molar refractivity (Wildman–Crippen MR) is 62.4 cm³/mol. The highest BCUT2D eigenvalue weighted by atomic mass is 19.1. The normalized spacial score (nSPS) is 16.6. The third kappa shape index (κ3) is 2.57. The van der Waals surface area contributed by atoms with E-state index in [0.29, 0.717) is 6.54 Å². The first-order valence-electron chi connectivity index (χ1n) is 5.83. The van der Waals surface area contributed by atoms with Gasteiger partial charge in [0.1, 0.15) is 11.6 Å². The lowest BCUT2D eigenvalue weighted by atomic mass is 10.0. The third-order valence-corrected chi connectivity index (χ3v) is 3.53. The summed E-state index contributed by atoms with van der Waals surface area (Å²) in [4.78, 5) is 11.8. The summed E-state index contributed by atoms with van der Waals surface area (Å²) in [6, 6.07) is 3.37. The van der Waals surface area contributed by atoms with Crippen LogP contribution < -0.4 is 5.32 Å². The van der Waals surface area contributed by atoms with Crippen molar-refractivity contribution in [2.45, 2.75) is 26.2 Å². The lowest BCUT2D eigenvalue weighted by Gasteiger charge is -2.13. The molecule has 0 radical (unpaired) electrons. The molecule has 0 saturated heterocycles. The van der Waals surface area contributed by atoms with Gasteiger partial charge < -0.3 is 10.4 Å². The van der Waals surface area contributed by atoms with Crippen molar-refractivity contribution in [3.8, 4) is 5.75 Å². The minimum Gasteiger partial charge on any atom is -0.507 e. The molecular formula is C13H16FNO2. The van der Waals surface area contributed by atoms with E-state index in [1.165, 1.54) is 6.07 Å². The Kier molecular flexibility index (Phi) is 3.05. The largest absolute Gasteiger partial charge is 0.507 e. The van der Waals surface area contributed by atoms with Crippen LogP contribution in [0.3, 0.4) is 0 Å². The average molecular weight is 237 g/mol. The van der Waals surface area contributed by atoms with Gasteiger partial charge in [-0.3, -0.25) is 4.79 Å². The topological polar surface area (TPSA) is 49.3 Å². The molecule has 92 valence electrons. The van der Waals surface area contributed by atoms with Crippen molar-refractivity contribution < 1.29 is 14.3 Å². The smallest absolute Gasteiger partial charge is 0.255 e. The van der Waals surface area contributed by atoms with Gasteiger partial charge in [-0.15, -0.1) is 0 Å². The zero-order valence-electron chi connectivity index (χ0n) is 9.79. The molecule has 1 amide bonds. The summed E-state index contributed by atoms with van der Waals surface area (Å²) in [6.07, 6.45) is 3.28. The molecule has 1 aliphatic rings. The number of phenolic OH excluding ortho intramolecular Hbond substituents is 1. The van der Waals surface area contributed by atoms with E-state index in [2.05, 4.69) is 12.2 Å². The fourth-order valence-corrected chi connectivity index (χ4v) is 1.89. The maximum Gasteiger partial charge on any atom is 0.255 e. The first kappa shape index (κ1) is 11.9. The number of nitrogens with one attached hydrogen (secondary N) is 1. The van der Waals surface area contributed by atoms with Gasteiger partial charge in [0.2, 0.25) is 0 Å². The molecule has 0 heterocycles. The average Bonchev–Trinajstić information content (AvgIpc) is 3.10. The van der Waals surface area contributed by atoms with Crippen molar-refractivity contribution in [1.29, 1.82) is 0 Å². The molecule has 1 fully saturated rings. The van der Waals surface area contributed by atoms with Crippen LogP contribution in [0, 0.1) is 11.2 Å². The van der Waals surface area contributed by atoms with Crippen molar-refractivity contribution in [2.24, 2.45) is 5.41 Å². The van der Waals surface area contributed by atoms with Crippen molar-refractivity contribution in [3.63, 3.8) is 0 Å². The van der Waals surface area contributed by atoms with E-state index < -0.39 is 11.7 Å². The Bertz CT molecular complexity index is 441. The van der Waals surface area contributed by atoms with Crippen molar-refractivity contribution in [2.75, 3.05) is 6.54 Å². The number of hydrogen-bond acceptors (Lipinski definition) is 2. The highest BCUT2D eigenvalue weighted by molar-refractivity contribution is 5.96. The molecule has 4 heteroatoms. The van der Waals surface area contributed by atoms with Gasteiger partial charge in [0.15, 0.2) is 0 Å². The number of amides is 1. The van der Waals surface area contributed by atoms with Gasteiger partial charge in [-0.1, -0.05) is 6.92 Å². The van der Waals surface area contributed by atoms with Crippen LogP contribution in [0.15, 0.2) is 18.2 Å². The van der Waals surface area contributed by atoms with Gasteiger partial charge >= 0.3 is 0 Å². The quantitative estimate of drug-likeness (QED) is 0.845. The number of benzene rings is 1. The Morgan fingerprint density at radius 2 is 2.24 bits per heavy atom. The van der Waals surface area contributed by atoms with Crippen molar-refractivity contribution >= 4 is 5.91 Å². The van der Waals surface area contributed by atoms with Crippen molar-refractivity contribution in [3.05, 3.63) is 29.6 Å². The van der Waals surface area contributed by atoms with Crippen LogP contribution in [0.2, 0.25) is 0 Å². The summed E-state index contributed by atoms with van der Waals surface area (Å²) in [6.45, 7) is 2.69. The fraction of sp³-hybridized carbons (Fsp3) is 0.462. The van der Waals surface area contributed by atoms with Gasteiger partial charge in [-0.25, -0.2) is 4.39 Å². The van der Waals surface area contributed by atoms with Crippen LogP contribution in [-0.2, 0) is 0 Å². The maximum absolute atomic E-state index is 13.0. The second-order valence-corrected chi connectivity index (χ2v) is 4.70. The molecule has 1 saturated carbocycles. The third-order valence-electron chi connectivity index (χ3n) is 3.53. The SMILES string of the molecule is CCC1(CNC(=O)c2cc(F)ccc2O)CC1. The van der Waals surface area contributed by atoms with Gasteiger partial charge in [0, 0.05) is 6.54 Å². The van der Waals surface area contributed by atoms with Crippen LogP contribution in [0.25, 0.3) is 0 Å². The Morgan fingerprint density at radius 3 is 2.82 bits per heavy atom. The second kappa shape index (κ2) is 4.35. The maximum atomic E-state index is 13.0. The highest BCUT2D eigenvalue weighted by Gasteiger charge is 2.40. The molecular weight excluding hydrogens is 221 g/mol. The van der Waals surface area contributed by atoms with E-state index in [0.717, 1.165) is 31.4 Å². The number of phenols is 1. The molecule has 0 bridgehead atoms. The standard InChI is InChI=1S/C13H16FNO2/c1-2-13(5-6-13)8-15-12(17)10-7-9(14)3-4-11(10)16/h3-4,7,16H,2,5-6,8H2,1H3,(H,15,17). The summed E-state index contributed by atoms with van der Waals surface area (Å²) in [5.74, 6) is -1.13. The molecule has 0 unspecified atom stereocenters. The van der Waals surface area contributed by atoms with Crippen LogP contribution in [0.5, 0.6) is 5.75 Å². The lowest BCUT2D eigenvalue weighted by molar-refractivity contribution is 0.0941. The molecule has 0 aliphatic heterocycles. The number of carbonyl (C=O) groups is 1. The lowest BCUT2D eigenvalue weighted by Crippen LogP contribution is -2.30. The highest BCUT2D eigenvalue weighted by Crippen LogP contribution is 2.47. The van der Waals surface area contributed by atoms with Crippen LogP contribution in [0.1, 0.15) is 36.5 Å². The molecule has 0 aromatic heterocycles. The Balaban J connectivity index is 2.02. The first-order chi connectivity index (χ1) is 8.06. The van der Waals surface area contributed by atoms with Gasteiger partial charge in [0.25, 0.3) is 5.91 Å². The van der Waals surface area contributed by atoms with E-state index in [9.17, 15) is 14.3 Å². The Morgan fingerprint density at radius 1 is 1.53 bits per heavy atom. The number of carbonyl (C=O) groups excluding carboxylic acids is 1. The Hall–Kier alpha value is -1.58.